The number of halogens is 1. The van der Waals surface area contributed by atoms with Gasteiger partial charge in [-0.25, -0.2) is 9.38 Å². The quantitative estimate of drug-likeness (QED) is 0.455. The number of nitrogens with two attached hydrogens (primary N) is 1. The van der Waals surface area contributed by atoms with E-state index in [-0.39, 0.29) is 5.82 Å². The summed E-state index contributed by atoms with van der Waals surface area (Å²) in [5.41, 5.74) is 7.33. The molecule has 0 spiro atoms. The molecule has 0 saturated carbocycles. The Morgan fingerprint density at radius 3 is 2.62 bits per heavy atom. The van der Waals surface area contributed by atoms with Crippen molar-refractivity contribution in [2.75, 3.05) is 44.2 Å². The summed E-state index contributed by atoms with van der Waals surface area (Å²) in [6, 6.07) is 5.38. The molecule has 134 valence electrons. The molecule has 1 saturated heterocycles. The van der Waals surface area contributed by atoms with Crippen molar-refractivity contribution in [3.8, 4) is 0 Å². The summed E-state index contributed by atoms with van der Waals surface area (Å²) >= 11 is 0. The van der Waals surface area contributed by atoms with Crippen LogP contribution in [0.2, 0.25) is 0 Å². The van der Waals surface area contributed by atoms with Crippen LogP contribution in [0.1, 0.15) is 32.3 Å². The summed E-state index contributed by atoms with van der Waals surface area (Å²) in [5.74, 6) is 0.244. The Balaban J connectivity index is 1.91. The van der Waals surface area contributed by atoms with Gasteiger partial charge in [0.15, 0.2) is 5.96 Å². The number of hydrogen-bond donors (Lipinski definition) is 2. The van der Waals surface area contributed by atoms with E-state index in [4.69, 9.17) is 5.73 Å². The van der Waals surface area contributed by atoms with Gasteiger partial charge in [0, 0.05) is 32.7 Å². The molecule has 5 nitrogen and oxygen atoms in total. The molecule has 1 aromatic rings. The highest BCUT2D eigenvalue weighted by atomic mass is 19.1. The van der Waals surface area contributed by atoms with Crippen molar-refractivity contribution in [3.63, 3.8) is 0 Å². The molecule has 0 aromatic heterocycles. The molecule has 0 amide bonds. The van der Waals surface area contributed by atoms with E-state index in [1.54, 1.807) is 6.07 Å². The Hall–Kier alpha value is -1.82. The minimum Gasteiger partial charge on any atom is -0.370 e. The highest BCUT2D eigenvalue weighted by Gasteiger charge is 2.18. The number of benzene rings is 1. The number of aliphatic imine (C=N–C) groups is 1. The summed E-state index contributed by atoms with van der Waals surface area (Å²) in [7, 11) is 0. The van der Waals surface area contributed by atoms with Gasteiger partial charge < -0.3 is 20.9 Å². The van der Waals surface area contributed by atoms with Crippen molar-refractivity contribution in [2.45, 2.75) is 33.2 Å². The van der Waals surface area contributed by atoms with Crippen LogP contribution in [0.3, 0.4) is 0 Å². The van der Waals surface area contributed by atoms with Crippen LogP contribution >= 0.6 is 0 Å². The largest absolute Gasteiger partial charge is 0.370 e. The third kappa shape index (κ3) is 5.37. The zero-order valence-corrected chi connectivity index (χ0v) is 14.9. The lowest BCUT2D eigenvalue weighted by Crippen LogP contribution is -2.46. The summed E-state index contributed by atoms with van der Waals surface area (Å²) in [6.45, 7) is 10.3. The number of hydrogen-bond acceptors (Lipinski definition) is 3. The molecule has 0 aliphatic carbocycles. The number of likely N-dealkylation sites (N-methyl/N-ethyl adjacent to an activating group) is 1. The van der Waals surface area contributed by atoms with Crippen LogP contribution in [0, 0.1) is 5.82 Å². The fraction of sp³-hybridized carbons (Fsp3) is 0.611. The average molecular weight is 335 g/mol. The van der Waals surface area contributed by atoms with Crippen molar-refractivity contribution >= 4 is 11.6 Å². The molecule has 3 N–H and O–H groups in total. The fourth-order valence-electron chi connectivity index (χ4n) is 2.84. The molecule has 0 bridgehead atoms. The van der Waals surface area contributed by atoms with Crippen LogP contribution in [0.4, 0.5) is 10.1 Å². The number of rotatable bonds is 7. The summed E-state index contributed by atoms with van der Waals surface area (Å²) in [5, 5.41) is 3.06. The maximum Gasteiger partial charge on any atom is 0.188 e. The molecule has 0 radical (unpaired) electrons. The van der Waals surface area contributed by atoms with Gasteiger partial charge in [-0.3, -0.25) is 0 Å². The average Bonchev–Trinajstić information content (AvgIpc) is 2.60. The van der Waals surface area contributed by atoms with Crippen molar-refractivity contribution in [1.82, 2.24) is 10.2 Å². The minimum absolute atomic E-state index is 0.176. The van der Waals surface area contributed by atoms with Gasteiger partial charge in [-0.15, -0.1) is 0 Å². The van der Waals surface area contributed by atoms with Crippen LogP contribution in [0.25, 0.3) is 0 Å². The molecule has 1 fully saturated rings. The molecule has 6 heteroatoms. The Kier molecular flexibility index (Phi) is 7.31. The van der Waals surface area contributed by atoms with Crippen LogP contribution < -0.4 is 16.0 Å². The lowest BCUT2D eigenvalue weighted by molar-refractivity contribution is 0.270. The number of nitrogens with one attached hydrogen (secondary N) is 1. The van der Waals surface area contributed by atoms with Crippen molar-refractivity contribution in [1.29, 1.82) is 0 Å². The monoisotopic (exact) mass is 335 g/mol. The maximum atomic E-state index is 14.4. The van der Waals surface area contributed by atoms with E-state index in [0.29, 0.717) is 18.2 Å². The molecule has 1 heterocycles. The second kappa shape index (κ2) is 9.47. The molecule has 24 heavy (non-hydrogen) atoms. The number of guanidine groups is 1. The molecule has 1 aromatic carbocycles. The summed E-state index contributed by atoms with van der Waals surface area (Å²) in [6.07, 6.45) is 2.17. The van der Waals surface area contributed by atoms with Gasteiger partial charge in [0.25, 0.3) is 0 Å². The molecule has 1 aliphatic heterocycles. The van der Waals surface area contributed by atoms with E-state index < -0.39 is 0 Å². The number of unbranched alkanes of at least 4 members (excludes halogenated alkanes) is 1. The SMILES string of the molecule is CCCCNC(N)=NCc1ccc(N2CCN(CC)CC2)c(F)c1. The first kappa shape index (κ1) is 18.5. The second-order valence-electron chi connectivity index (χ2n) is 6.19. The van der Waals surface area contributed by atoms with Crippen LogP contribution in [0.5, 0.6) is 0 Å². The highest BCUT2D eigenvalue weighted by Crippen LogP contribution is 2.22. The zero-order chi connectivity index (χ0) is 17.4. The smallest absolute Gasteiger partial charge is 0.188 e. The van der Waals surface area contributed by atoms with Crippen LogP contribution in [0.15, 0.2) is 23.2 Å². The third-order valence-corrected chi connectivity index (χ3v) is 4.44. The Labute approximate surface area is 144 Å². The first-order chi connectivity index (χ1) is 11.6. The predicted octanol–water partition coefficient (Wildman–Crippen LogP) is 2.17. The third-order valence-electron chi connectivity index (χ3n) is 4.44. The normalized spacial score (nSPS) is 16.5. The number of anilines is 1. The maximum absolute atomic E-state index is 14.4. The molecular weight excluding hydrogens is 305 g/mol. The molecule has 0 atom stereocenters. The summed E-state index contributed by atoms with van der Waals surface area (Å²) < 4.78 is 14.4. The van der Waals surface area contributed by atoms with Gasteiger partial charge in [0.05, 0.1) is 12.2 Å². The van der Waals surface area contributed by atoms with Gasteiger partial charge >= 0.3 is 0 Å². The molecule has 2 rings (SSSR count). The fourth-order valence-corrected chi connectivity index (χ4v) is 2.84. The van der Waals surface area contributed by atoms with Crippen molar-refractivity contribution < 1.29 is 4.39 Å². The minimum atomic E-state index is -0.176. The molecule has 1 aliphatic rings. The van der Waals surface area contributed by atoms with Gasteiger partial charge in [0.2, 0.25) is 0 Å². The first-order valence-corrected chi connectivity index (χ1v) is 8.93. The van der Waals surface area contributed by atoms with E-state index in [9.17, 15) is 4.39 Å². The van der Waals surface area contributed by atoms with Gasteiger partial charge in [-0.05, 0) is 30.7 Å². The lowest BCUT2D eigenvalue weighted by atomic mass is 10.1. The number of piperazine rings is 1. The lowest BCUT2D eigenvalue weighted by Gasteiger charge is -2.35. The Bertz CT molecular complexity index is 538. The zero-order valence-electron chi connectivity index (χ0n) is 14.9. The van der Waals surface area contributed by atoms with E-state index in [1.807, 2.05) is 12.1 Å². The van der Waals surface area contributed by atoms with Gasteiger partial charge in [-0.1, -0.05) is 26.3 Å². The van der Waals surface area contributed by atoms with Gasteiger partial charge in [0.1, 0.15) is 5.82 Å². The Morgan fingerprint density at radius 2 is 2.00 bits per heavy atom. The molecular formula is C18H30FN5. The van der Waals surface area contributed by atoms with E-state index in [2.05, 4.69) is 34.0 Å². The Morgan fingerprint density at radius 1 is 1.25 bits per heavy atom. The van der Waals surface area contributed by atoms with Crippen molar-refractivity contribution in [3.05, 3.63) is 29.6 Å². The predicted molar refractivity (Wildman–Crippen MR) is 99.0 cm³/mol. The molecule has 0 unspecified atom stereocenters. The van der Waals surface area contributed by atoms with Gasteiger partial charge in [-0.2, -0.15) is 0 Å². The first-order valence-electron chi connectivity index (χ1n) is 8.93. The standard InChI is InChI=1S/C18H30FN5/c1-3-5-8-21-18(20)22-14-15-6-7-17(16(19)13-15)24-11-9-23(4-2)10-12-24/h6-7,13H,3-5,8-12,14H2,1-2H3,(H3,20,21,22). The second-order valence-corrected chi connectivity index (χ2v) is 6.19. The highest BCUT2D eigenvalue weighted by molar-refractivity contribution is 5.77. The van der Waals surface area contributed by atoms with Crippen molar-refractivity contribution in [2.24, 2.45) is 10.7 Å². The summed E-state index contributed by atoms with van der Waals surface area (Å²) in [4.78, 5) is 8.77. The van der Waals surface area contributed by atoms with E-state index in [1.165, 1.54) is 0 Å². The topological polar surface area (TPSA) is 56.9 Å². The van der Waals surface area contributed by atoms with E-state index in [0.717, 1.165) is 57.7 Å². The van der Waals surface area contributed by atoms with Crippen LogP contribution in [-0.4, -0.2) is 50.1 Å². The number of nitrogens with zero attached hydrogens (tertiary/aromatic N) is 3. The van der Waals surface area contributed by atoms with E-state index >= 15 is 0 Å². The van der Waals surface area contributed by atoms with Crippen LogP contribution in [-0.2, 0) is 6.54 Å².